The number of hydrogen-bond donors (Lipinski definition) is 0. The maximum absolute atomic E-state index is 3.24. The van der Waals surface area contributed by atoms with Gasteiger partial charge in [-0.15, -0.1) is 23.7 Å². The topological polar surface area (TPSA) is 0 Å². The van der Waals surface area contributed by atoms with E-state index >= 15 is 0 Å². The molecular formula is C14H22Si. The van der Waals surface area contributed by atoms with Gasteiger partial charge in [-0.25, -0.2) is 0 Å². The van der Waals surface area contributed by atoms with Crippen molar-refractivity contribution in [1.29, 1.82) is 0 Å². The van der Waals surface area contributed by atoms with E-state index in [1.54, 1.807) is 12.1 Å². The molecule has 0 atom stereocenters. The molecule has 0 bridgehead atoms. The quantitative estimate of drug-likeness (QED) is 0.493. The number of hydrogen-bond acceptors (Lipinski definition) is 0. The molecule has 1 heterocycles. The van der Waals surface area contributed by atoms with E-state index in [9.17, 15) is 0 Å². The fourth-order valence-corrected chi connectivity index (χ4v) is 7.47. The van der Waals surface area contributed by atoms with Crippen LogP contribution in [0.5, 0.6) is 0 Å². The van der Waals surface area contributed by atoms with Crippen LogP contribution >= 0.6 is 0 Å². The van der Waals surface area contributed by atoms with E-state index in [4.69, 9.17) is 0 Å². The molecule has 0 radical (unpaired) electrons. The molecule has 0 aliphatic carbocycles. The van der Waals surface area contributed by atoms with Crippen LogP contribution in [-0.2, 0) is 0 Å². The molecule has 1 aliphatic rings. The second-order valence-electron chi connectivity index (χ2n) is 4.56. The van der Waals surface area contributed by atoms with Crippen molar-refractivity contribution in [1.82, 2.24) is 0 Å². The van der Waals surface area contributed by atoms with Gasteiger partial charge in [0.25, 0.3) is 0 Å². The van der Waals surface area contributed by atoms with Crippen LogP contribution in [0, 0.1) is 23.7 Å². The first-order valence-corrected chi connectivity index (χ1v) is 8.95. The molecule has 1 aliphatic heterocycles. The molecule has 1 fully saturated rings. The summed E-state index contributed by atoms with van der Waals surface area (Å²) in [4.78, 5) is 0. The largest absolute Gasteiger partial charge is 0.107 e. The summed E-state index contributed by atoms with van der Waals surface area (Å²) < 4.78 is 0. The van der Waals surface area contributed by atoms with Gasteiger partial charge in [-0.05, 0) is 25.9 Å². The Morgan fingerprint density at radius 2 is 1.33 bits per heavy atom. The Bertz CT molecular complexity index is 263. The van der Waals surface area contributed by atoms with Gasteiger partial charge in [0.05, 0.1) is 8.07 Å². The van der Waals surface area contributed by atoms with E-state index in [0.717, 1.165) is 12.8 Å². The summed E-state index contributed by atoms with van der Waals surface area (Å²) in [5.74, 6) is 12.5. The Morgan fingerprint density at radius 1 is 0.867 bits per heavy atom. The third-order valence-corrected chi connectivity index (χ3v) is 9.03. The Hall–Kier alpha value is -0.663. The summed E-state index contributed by atoms with van der Waals surface area (Å²) in [5, 5.41) is 0. The molecule has 0 aromatic heterocycles. The van der Waals surface area contributed by atoms with E-state index in [0.29, 0.717) is 0 Å². The standard InChI is InChI=1S/C14H22Si/c1-3-5-7-11-15(12-8-6-4-2)13-9-10-14-15/h7-14H2,1-2H3. The molecule has 1 heteroatoms. The molecule has 0 spiro atoms. The third-order valence-electron chi connectivity index (χ3n) is 3.58. The predicted octanol–water partition coefficient (Wildman–Crippen LogP) is 4.06. The highest BCUT2D eigenvalue weighted by Crippen LogP contribution is 2.38. The molecule has 1 rings (SSSR count). The lowest BCUT2D eigenvalue weighted by molar-refractivity contribution is 0.935. The second-order valence-corrected chi connectivity index (χ2v) is 9.56. The lowest BCUT2D eigenvalue weighted by Gasteiger charge is -2.24. The molecule has 0 amide bonds. The van der Waals surface area contributed by atoms with Gasteiger partial charge in [0, 0.05) is 12.8 Å². The zero-order chi connectivity index (χ0) is 11.0. The van der Waals surface area contributed by atoms with Gasteiger partial charge >= 0.3 is 0 Å². The fraction of sp³-hybridized carbons (Fsp3) is 0.714. The molecular weight excluding hydrogens is 196 g/mol. The fourth-order valence-electron chi connectivity index (χ4n) is 2.66. The van der Waals surface area contributed by atoms with Crippen LogP contribution in [0.1, 0.15) is 39.5 Å². The Labute approximate surface area is 95.9 Å². The number of rotatable bonds is 4. The van der Waals surface area contributed by atoms with Crippen molar-refractivity contribution in [3.63, 3.8) is 0 Å². The van der Waals surface area contributed by atoms with Gasteiger partial charge in [0.1, 0.15) is 0 Å². The van der Waals surface area contributed by atoms with Crippen LogP contribution in [0.3, 0.4) is 0 Å². The monoisotopic (exact) mass is 218 g/mol. The third kappa shape index (κ3) is 4.14. The smallest absolute Gasteiger partial charge is 0.0554 e. The molecule has 15 heavy (non-hydrogen) atoms. The van der Waals surface area contributed by atoms with Crippen LogP contribution in [0.4, 0.5) is 0 Å². The highest BCUT2D eigenvalue weighted by atomic mass is 28.3. The van der Waals surface area contributed by atoms with Gasteiger partial charge in [-0.3, -0.25) is 0 Å². The van der Waals surface area contributed by atoms with Crippen molar-refractivity contribution in [2.45, 2.75) is 63.7 Å². The van der Waals surface area contributed by atoms with Crippen molar-refractivity contribution >= 4 is 8.07 Å². The van der Waals surface area contributed by atoms with Crippen LogP contribution in [0.25, 0.3) is 0 Å². The normalized spacial score (nSPS) is 17.5. The van der Waals surface area contributed by atoms with Gasteiger partial charge in [0.15, 0.2) is 0 Å². The van der Waals surface area contributed by atoms with Crippen molar-refractivity contribution in [3.05, 3.63) is 0 Å². The average molecular weight is 218 g/mol. The first kappa shape index (κ1) is 12.4. The highest BCUT2D eigenvalue weighted by molar-refractivity contribution is 6.80. The summed E-state index contributed by atoms with van der Waals surface area (Å²) >= 11 is 0. The summed E-state index contributed by atoms with van der Waals surface area (Å²) in [7, 11) is -0.912. The average Bonchev–Trinajstić information content (AvgIpc) is 2.68. The molecule has 0 aromatic carbocycles. The molecule has 82 valence electrons. The predicted molar refractivity (Wildman–Crippen MR) is 70.4 cm³/mol. The molecule has 0 nitrogen and oxygen atoms in total. The summed E-state index contributed by atoms with van der Waals surface area (Å²) in [5.41, 5.74) is 0. The van der Waals surface area contributed by atoms with E-state index in [1.807, 2.05) is 13.8 Å². The molecule has 1 saturated heterocycles. The zero-order valence-electron chi connectivity index (χ0n) is 10.2. The van der Waals surface area contributed by atoms with E-state index in [2.05, 4.69) is 23.7 Å². The van der Waals surface area contributed by atoms with Gasteiger partial charge in [-0.1, -0.05) is 24.9 Å². The van der Waals surface area contributed by atoms with Crippen LogP contribution < -0.4 is 0 Å². The summed E-state index contributed by atoms with van der Waals surface area (Å²) in [6, 6.07) is 5.95. The first-order chi connectivity index (χ1) is 7.33. The minimum atomic E-state index is -0.912. The van der Waals surface area contributed by atoms with E-state index in [1.165, 1.54) is 24.9 Å². The van der Waals surface area contributed by atoms with Crippen molar-refractivity contribution < 1.29 is 0 Å². The van der Waals surface area contributed by atoms with Crippen molar-refractivity contribution in [3.8, 4) is 23.7 Å². The second kappa shape index (κ2) is 6.75. The Kier molecular flexibility index (Phi) is 5.59. The maximum atomic E-state index is 3.24. The maximum Gasteiger partial charge on any atom is 0.0554 e. The first-order valence-electron chi connectivity index (χ1n) is 6.12. The highest BCUT2D eigenvalue weighted by Gasteiger charge is 2.34. The van der Waals surface area contributed by atoms with Gasteiger partial charge in [0.2, 0.25) is 0 Å². The van der Waals surface area contributed by atoms with E-state index < -0.39 is 8.07 Å². The molecule has 0 unspecified atom stereocenters. The van der Waals surface area contributed by atoms with Crippen molar-refractivity contribution in [2.75, 3.05) is 0 Å². The Morgan fingerprint density at radius 3 is 1.73 bits per heavy atom. The van der Waals surface area contributed by atoms with Crippen LogP contribution in [0.15, 0.2) is 0 Å². The summed E-state index contributed by atoms with van der Waals surface area (Å²) in [6.07, 6.45) is 5.24. The van der Waals surface area contributed by atoms with Crippen molar-refractivity contribution in [2.24, 2.45) is 0 Å². The van der Waals surface area contributed by atoms with Crippen LogP contribution in [-0.4, -0.2) is 8.07 Å². The molecule has 0 N–H and O–H groups in total. The van der Waals surface area contributed by atoms with Gasteiger partial charge in [-0.2, -0.15) is 0 Å². The van der Waals surface area contributed by atoms with Gasteiger partial charge < -0.3 is 0 Å². The summed E-state index contributed by atoms with van der Waals surface area (Å²) in [6.45, 7) is 3.90. The minimum Gasteiger partial charge on any atom is -0.107 e. The lowest BCUT2D eigenvalue weighted by Crippen LogP contribution is -2.29. The SMILES string of the molecule is CC#CCC[Si]1(CCC#CC)CCCC1. The van der Waals surface area contributed by atoms with E-state index in [-0.39, 0.29) is 0 Å². The Balaban J connectivity index is 2.43. The molecule has 0 aromatic rings. The minimum absolute atomic E-state index is 0.912. The zero-order valence-corrected chi connectivity index (χ0v) is 11.2. The van der Waals surface area contributed by atoms with Crippen LogP contribution in [0.2, 0.25) is 24.2 Å². The molecule has 0 saturated carbocycles. The lowest BCUT2D eigenvalue weighted by atomic mass is 10.4.